The first kappa shape index (κ1) is 13.4. The third-order valence-electron chi connectivity index (χ3n) is 3.05. The first-order valence-corrected chi connectivity index (χ1v) is 7.51. The van der Waals surface area contributed by atoms with E-state index < -0.39 is 0 Å². The fourth-order valence-corrected chi connectivity index (χ4v) is 2.83. The summed E-state index contributed by atoms with van der Waals surface area (Å²) in [7, 11) is 0. The molecule has 0 aliphatic carbocycles. The molecule has 98 valence electrons. The molecule has 1 unspecified atom stereocenters. The number of thioether (sulfide) groups is 1. The Morgan fingerprint density at radius 3 is 2.94 bits per heavy atom. The van der Waals surface area contributed by atoms with E-state index in [2.05, 4.69) is 10.6 Å². The highest BCUT2D eigenvalue weighted by Crippen LogP contribution is 2.16. The molecule has 1 aromatic carbocycles. The number of hydrogen-bond donors (Lipinski definition) is 2. The number of carbonyl (C=O) groups is 1. The highest BCUT2D eigenvalue weighted by atomic mass is 32.2. The van der Waals surface area contributed by atoms with Crippen molar-refractivity contribution in [3.8, 4) is 0 Å². The Morgan fingerprint density at radius 2 is 2.11 bits per heavy atom. The van der Waals surface area contributed by atoms with Crippen molar-refractivity contribution in [3.63, 3.8) is 0 Å². The SMILES string of the molecule is O=C(CSc1ccccc1)NC1CCCNCC1. The molecular formula is C14H20N2OS. The van der Waals surface area contributed by atoms with Crippen LogP contribution in [0.15, 0.2) is 35.2 Å². The molecule has 1 aromatic rings. The number of amides is 1. The predicted octanol–water partition coefficient (Wildman–Crippen LogP) is 2.04. The molecule has 0 saturated carbocycles. The van der Waals surface area contributed by atoms with Gasteiger partial charge < -0.3 is 10.6 Å². The van der Waals surface area contributed by atoms with E-state index in [4.69, 9.17) is 0 Å². The molecule has 0 radical (unpaired) electrons. The van der Waals surface area contributed by atoms with Crippen molar-refractivity contribution < 1.29 is 4.79 Å². The molecule has 18 heavy (non-hydrogen) atoms. The lowest BCUT2D eigenvalue weighted by molar-refractivity contribution is -0.119. The molecular weight excluding hydrogens is 244 g/mol. The maximum absolute atomic E-state index is 11.8. The first-order valence-electron chi connectivity index (χ1n) is 6.52. The van der Waals surface area contributed by atoms with Crippen molar-refractivity contribution in [3.05, 3.63) is 30.3 Å². The molecule has 3 nitrogen and oxygen atoms in total. The van der Waals surface area contributed by atoms with E-state index in [-0.39, 0.29) is 5.91 Å². The molecule has 1 heterocycles. The zero-order valence-electron chi connectivity index (χ0n) is 10.5. The second-order valence-corrected chi connectivity index (χ2v) is 5.60. The van der Waals surface area contributed by atoms with Crippen molar-refractivity contribution in [2.24, 2.45) is 0 Å². The zero-order chi connectivity index (χ0) is 12.6. The van der Waals surface area contributed by atoms with Gasteiger partial charge in [-0.15, -0.1) is 11.8 Å². The molecule has 1 aliphatic heterocycles. The summed E-state index contributed by atoms with van der Waals surface area (Å²) in [4.78, 5) is 13.0. The van der Waals surface area contributed by atoms with Crippen LogP contribution in [0, 0.1) is 0 Å². The van der Waals surface area contributed by atoms with Crippen molar-refractivity contribution >= 4 is 17.7 Å². The summed E-state index contributed by atoms with van der Waals surface area (Å²) >= 11 is 1.59. The van der Waals surface area contributed by atoms with Crippen LogP contribution < -0.4 is 10.6 Å². The minimum atomic E-state index is 0.149. The van der Waals surface area contributed by atoms with Crippen LogP contribution in [0.2, 0.25) is 0 Å². The Kier molecular flexibility index (Phi) is 5.55. The summed E-state index contributed by atoms with van der Waals surface area (Å²) in [6, 6.07) is 10.4. The van der Waals surface area contributed by atoms with Crippen LogP contribution in [-0.2, 0) is 4.79 Å². The fraction of sp³-hybridized carbons (Fsp3) is 0.500. The fourth-order valence-electron chi connectivity index (χ4n) is 2.10. The van der Waals surface area contributed by atoms with E-state index in [1.54, 1.807) is 11.8 Å². The van der Waals surface area contributed by atoms with E-state index in [9.17, 15) is 4.79 Å². The summed E-state index contributed by atoms with van der Waals surface area (Å²) in [6.45, 7) is 2.09. The summed E-state index contributed by atoms with van der Waals surface area (Å²) in [5.74, 6) is 0.657. The van der Waals surface area contributed by atoms with Crippen LogP contribution in [0.4, 0.5) is 0 Å². The van der Waals surface area contributed by atoms with Gasteiger partial charge in [-0.3, -0.25) is 4.79 Å². The van der Waals surface area contributed by atoms with Crippen LogP contribution in [0.3, 0.4) is 0 Å². The maximum atomic E-state index is 11.8. The van der Waals surface area contributed by atoms with Crippen molar-refractivity contribution in [2.45, 2.75) is 30.2 Å². The lowest BCUT2D eigenvalue weighted by Crippen LogP contribution is -2.36. The van der Waals surface area contributed by atoms with Gasteiger partial charge in [-0.2, -0.15) is 0 Å². The Labute approximate surface area is 113 Å². The van der Waals surface area contributed by atoms with Crippen molar-refractivity contribution in [1.82, 2.24) is 10.6 Å². The van der Waals surface area contributed by atoms with Crippen LogP contribution >= 0.6 is 11.8 Å². The van der Waals surface area contributed by atoms with Gasteiger partial charge in [-0.05, 0) is 44.5 Å². The van der Waals surface area contributed by atoms with E-state index in [1.165, 1.54) is 0 Å². The molecule has 1 aliphatic rings. The van der Waals surface area contributed by atoms with E-state index in [1.807, 2.05) is 30.3 Å². The molecule has 0 spiro atoms. The molecule has 0 aromatic heterocycles. The van der Waals surface area contributed by atoms with Crippen molar-refractivity contribution in [1.29, 1.82) is 0 Å². The number of benzene rings is 1. The summed E-state index contributed by atoms with van der Waals surface area (Å²) < 4.78 is 0. The molecule has 0 bridgehead atoms. The average molecular weight is 264 g/mol. The monoisotopic (exact) mass is 264 g/mol. The third-order valence-corrected chi connectivity index (χ3v) is 4.07. The minimum absolute atomic E-state index is 0.149. The molecule has 2 N–H and O–H groups in total. The number of rotatable bonds is 4. The molecule has 2 rings (SSSR count). The van der Waals surface area contributed by atoms with Gasteiger partial charge in [-0.1, -0.05) is 18.2 Å². The lowest BCUT2D eigenvalue weighted by Gasteiger charge is -2.15. The van der Waals surface area contributed by atoms with Gasteiger partial charge in [0.1, 0.15) is 0 Å². The van der Waals surface area contributed by atoms with Gasteiger partial charge in [0.15, 0.2) is 0 Å². The van der Waals surface area contributed by atoms with Gasteiger partial charge in [-0.25, -0.2) is 0 Å². The standard InChI is InChI=1S/C14H20N2OS/c17-14(11-18-13-6-2-1-3-7-13)16-12-5-4-9-15-10-8-12/h1-3,6-7,12,15H,4-5,8-11H2,(H,16,17). The average Bonchev–Trinajstić information content (AvgIpc) is 2.66. The van der Waals surface area contributed by atoms with Crippen LogP contribution in [0.1, 0.15) is 19.3 Å². The largest absolute Gasteiger partial charge is 0.353 e. The summed E-state index contributed by atoms with van der Waals surface area (Å²) in [6.07, 6.45) is 3.28. The minimum Gasteiger partial charge on any atom is -0.353 e. The molecule has 1 fully saturated rings. The van der Waals surface area contributed by atoms with E-state index in [0.29, 0.717) is 11.8 Å². The maximum Gasteiger partial charge on any atom is 0.230 e. The van der Waals surface area contributed by atoms with Crippen LogP contribution in [-0.4, -0.2) is 30.8 Å². The predicted molar refractivity (Wildman–Crippen MR) is 75.8 cm³/mol. The van der Waals surface area contributed by atoms with Crippen molar-refractivity contribution in [2.75, 3.05) is 18.8 Å². The Balaban J connectivity index is 1.71. The molecule has 1 saturated heterocycles. The first-order chi connectivity index (χ1) is 8.84. The second kappa shape index (κ2) is 7.44. The van der Waals surface area contributed by atoms with Crippen LogP contribution in [0.25, 0.3) is 0 Å². The molecule has 1 atom stereocenters. The van der Waals surface area contributed by atoms with Gasteiger partial charge in [0, 0.05) is 10.9 Å². The normalized spacial score (nSPS) is 20.1. The second-order valence-electron chi connectivity index (χ2n) is 4.55. The Morgan fingerprint density at radius 1 is 1.28 bits per heavy atom. The number of hydrogen-bond acceptors (Lipinski definition) is 3. The van der Waals surface area contributed by atoms with E-state index in [0.717, 1.165) is 37.2 Å². The number of carbonyl (C=O) groups excluding carboxylic acids is 1. The van der Waals surface area contributed by atoms with Gasteiger partial charge in [0.2, 0.25) is 5.91 Å². The van der Waals surface area contributed by atoms with Crippen LogP contribution in [0.5, 0.6) is 0 Å². The van der Waals surface area contributed by atoms with Gasteiger partial charge >= 0.3 is 0 Å². The zero-order valence-corrected chi connectivity index (χ0v) is 11.3. The Bertz CT molecular complexity index is 361. The van der Waals surface area contributed by atoms with Gasteiger partial charge in [0.05, 0.1) is 5.75 Å². The molecule has 4 heteroatoms. The summed E-state index contributed by atoms with van der Waals surface area (Å²) in [5, 5.41) is 6.48. The number of nitrogens with one attached hydrogen (secondary N) is 2. The highest BCUT2D eigenvalue weighted by Gasteiger charge is 2.14. The Hall–Kier alpha value is -1.00. The smallest absolute Gasteiger partial charge is 0.230 e. The third kappa shape index (κ3) is 4.70. The van der Waals surface area contributed by atoms with E-state index >= 15 is 0 Å². The quantitative estimate of drug-likeness (QED) is 0.818. The lowest BCUT2D eigenvalue weighted by atomic mass is 10.1. The molecule has 1 amide bonds. The summed E-state index contributed by atoms with van der Waals surface area (Å²) in [5.41, 5.74) is 0. The van der Waals surface area contributed by atoms with Gasteiger partial charge in [0.25, 0.3) is 0 Å². The topological polar surface area (TPSA) is 41.1 Å². The highest BCUT2D eigenvalue weighted by molar-refractivity contribution is 8.00.